The number of benzene rings is 1. The van der Waals surface area contributed by atoms with Gasteiger partial charge in [0.25, 0.3) is 0 Å². The van der Waals surface area contributed by atoms with Gasteiger partial charge in [0.2, 0.25) is 17.7 Å². The molecule has 1 aromatic rings. The average molecular weight is 443 g/mol. The third kappa shape index (κ3) is 4.27. The van der Waals surface area contributed by atoms with Crippen LogP contribution in [0.1, 0.15) is 63.9 Å². The summed E-state index contributed by atoms with van der Waals surface area (Å²) in [5.41, 5.74) is -0.453. The van der Waals surface area contributed by atoms with Crippen LogP contribution in [0.4, 0.5) is 0 Å². The van der Waals surface area contributed by atoms with Gasteiger partial charge in [0.15, 0.2) is 0 Å². The Morgan fingerprint density at radius 1 is 1.16 bits per heavy atom. The minimum absolute atomic E-state index is 0.00627. The molecule has 0 bridgehead atoms. The lowest BCUT2D eigenvalue weighted by Crippen LogP contribution is -2.46. The zero-order valence-corrected chi connectivity index (χ0v) is 19.2. The molecule has 7 nitrogen and oxygen atoms in total. The Kier molecular flexibility index (Phi) is 6.84. The second-order valence-electron chi connectivity index (χ2n) is 9.24. The molecule has 2 aliphatic heterocycles. The Balaban J connectivity index is 1.63. The third-order valence-corrected chi connectivity index (χ3v) is 7.32. The van der Waals surface area contributed by atoms with E-state index in [1.165, 1.54) is 4.90 Å². The van der Waals surface area contributed by atoms with Crippen LogP contribution < -0.4 is 4.74 Å². The van der Waals surface area contributed by atoms with E-state index in [0.717, 1.165) is 45.1 Å². The van der Waals surface area contributed by atoms with Gasteiger partial charge in [-0.1, -0.05) is 25.0 Å². The Bertz CT molecular complexity index is 842. The van der Waals surface area contributed by atoms with Crippen LogP contribution in [0.25, 0.3) is 0 Å². The topological polar surface area (TPSA) is 76.2 Å². The lowest BCUT2D eigenvalue weighted by atomic mass is 9.75. The summed E-state index contributed by atoms with van der Waals surface area (Å²) >= 11 is 0. The van der Waals surface area contributed by atoms with Crippen molar-refractivity contribution in [3.05, 3.63) is 29.8 Å². The van der Waals surface area contributed by atoms with Crippen LogP contribution in [0.15, 0.2) is 24.3 Å². The number of ether oxygens (including phenoxy) is 2. The van der Waals surface area contributed by atoms with Gasteiger partial charge in [-0.15, -0.1) is 0 Å². The minimum Gasteiger partial charge on any atom is -0.497 e. The monoisotopic (exact) mass is 442 g/mol. The van der Waals surface area contributed by atoms with E-state index in [0.29, 0.717) is 24.4 Å². The molecule has 3 fully saturated rings. The number of hydrogen-bond donors (Lipinski definition) is 0. The maximum Gasteiger partial charge on any atom is 0.241 e. The van der Waals surface area contributed by atoms with Crippen LogP contribution >= 0.6 is 0 Å². The highest BCUT2D eigenvalue weighted by Gasteiger charge is 2.56. The van der Waals surface area contributed by atoms with Crippen molar-refractivity contribution < 1.29 is 23.9 Å². The summed E-state index contributed by atoms with van der Waals surface area (Å²) in [5.74, 6) is 0.190. The van der Waals surface area contributed by atoms with E-state index in [-0.39, 0.29) is 42.7 Å². The van der Waals surface area contributed by atoms with E-state index < -0.39 is 5.41 Å². The smallest absolute Gasteiger partial charge is 0.241 e. The maximum absolute atomic E-state index is 13.8. The molecule has 174 valence electrons. The van der Waals surface area contributed by atoms with Crippen molar-refractivity contribution in [3.63, 3.8) is 0 Å². The molecule has 3 aliphatic rings. The fourth-order valence-corrected chi connectivity index (χ4v) is 5.48. The molecule has 7 heteroatoms. The minimum atomic E-state index is -1.16. The predicted molar refractivity (Wildman–Crippen MR) is 119 cm³/mol. The van der Waals surface area contributed by atoms with Crippen molar-refractivity contribution in [1.82, 2.24) is 9.80 Å². The summed E-state index contributed by atoms with van der Waals surface area (Å²) in [5, 5.41) is 0. The number of amides is 3. The summed E-state index contributed by atoms with van der Waals surface area (Å²) in [6.45, 7) is 3.75. The summed E-state index contributed by atoms with van der Waals surface area (Å²) < 4.78 is 11.0. The summed E-state index contributed by atoms with van der Waals surface area (Å²) in [6.07, 6.45) is 5.80. The molecule has 0 N–H and O–H groups in total. The van der Waals surface area contributed by atoms with E-state index >= 15 is 0 Å². The number of likely N-dealkylation sites (N-methyl/N-ethyl adjacent to an activating group) is 1. The highest BCUT2D eigenvalue weighted by Crippen LogP contribution is 2.43. The molecule has 0 spiro atoms. The number of likely N-dealkylation sites (tertiary alicyclic amines) is 1. The van der Waals surface area contributed by atoms with Crippen molar-refractivity contribution >= 4 is 17.7 Å². The van der Waals surface area contributed by atoms with Gasteiger partial charge in [-0.25, -0.2) is 0 Å². The molecule has 1 aromatic carbocycles. The van der Waals surface area contributed by atoms with Gasteiger partial charge >= 0.3 is 0 Å². The van der Waals surface area contributed by atoms with Crippen molar-refractivity contribution in [2.24, 2.45) is 0 Å². The van der Waals surface area contributed by atoms with Gasteiger partial charge in [-0.3, -0.25) is 19.3 Å². The van der Waals surface area contributed by atoms with E-state index in [4.69, 9.17) is 9.47 Å². The Labute approximate surface area is 190 Å². The SMILES string of the molecule is CCN(C[C@@H]1CCCO1)C(=O)C[C@]1(c2ccc(OC)cc2)CC(=O)N(C2CCCC2)C1=O. The first-order chi connectivity index (χ1) is 15.5. The first kappa shape index (κ1) is 22.8. The quantitative estimate of drug-likeness (QED) is 0.579. The molecule has 4 rings (SSSR count). The molecule has 0 aromatic heterocycles. The van der Waals surface area contributed by atoms with Crippen molar-refractivity contribution in [2.45, 2.75) is 75.9 Å². The van der Waals surface area contributed by atoms with Crippen LogP contribution in [0.3, 0.4) is 0 Å². The number of carbonyl (C=O) groups is 3. The van der Waals surface area contributed by atoms with Gasteiger partial charge in [-0.2, -0.15) is 0 Å². The highest BCUT2D eigenvalue weighted by molar-refractivity contribution is 6.11. The number of imide groups is 1. The number of nitrogens with zero attached hydrogens (tertiary/aromatic N) is 2. The van der Waals surface area contributed by atoms with Gasteiger partial charge in [-0.05, 0) is 50.3 Å². The van der Waals surface area contributed by atoms with Crippen LogP contribution in [0.5, 0.6) is 5.75 Å². The Morgan fingerprint density at radius 3 is 2.47 bits per heavy atom. The van der Waals surface area contributed by atoms with E-state index in [1.54, 1.807) is 24.1 Å². The first-order valence-corrected chi connectivity index (χ1v) is 11.9. The molecule has 1 aliphatic carbocycles. The number of rotatable bonds is 8. The molecule has 2 heterocycles. The van der Waals surface area contributed by atoms with Crippen molar-refractivity contribution in [3.8, 4) is 5.75 Å². The molecule has 1 saturated carbocycles. The predicted octanol–water partition coefficient (Wildman–Crippen LogP) is 3.05. The summed E-state index contributed by atoms with van der Waals surface area (Å²) in [6, 6.07) is 7.19. The molecule has 0 unspecified atom stereocenters. The molecular weight excluding hydrogens is 408 g/mol. The fraction of sp³-hybridized carbons (Fsp3) is 0.640. The fourth-order valence-electron chi connectivity index (χ4n) is 5.48. The Hall–Kier alpha value is -2.41. The third-order valence-electron chi connectivity index (χ3n) is 7.32. The maximum atomic E-state index is 13.8. The Morgan fingerprint density at radius 2 is 1.88 bits per heavy atom. The first-order valence-electron chi connectivity index (χ1n) is 11.9. The van der Waals surface area contributed by atoms with E-state index in [9.17, 15) is 14.4 Å². The van der Waals surface area contributed by atoms with E-state index in [2.05, 4.69) is 0 Å². The summed E-state index contributed by atoms with van der Waals surface area (Å²) in [7, 11) is 1.59. The average Bonchev–Trinajstić information content (AvgIpc) is 3.55. The van der Waals surface area contributed by atoms with Crippen LogP contribution in [0.2, 0.25) is 0 Å². The van der Waals surface area contributed by atoms with E-state index in [1.807, 2.05) is 19.1 Å². The lowest BCUT2D eigenvalue weighted by Gasteiger charge is -2.32. The van der Waals surface area contributed by atoms with Gasteiger partial charge in [0, 0.05) is 38.6 Å². The largest absolute Gasteiger partial charge is 0.497 e. The number of hydrogen-bond acceptors (Lipinski definition) is 5. The highest BCUT2D eigenvalue weighted by atomic mass is 16.5. The number of carbonyl (C=O) groups excluding carboxylic acids is 3. The van der Waals surface area contributed by atoms with Crippen LogP contribution in [-0.2, 0) is 24.5 Å². The molecule has 32 heavy (non-hydrogen) atoms. The molecular formula is C25H34N2O5. The molecule has 0 radical (unpaired) electrons. The zero-order chi connectivity index (χ0) is 22.7. The van der Waals surface area contributed by atoms with Crippen molar-refractivity contribution in [2.75, 3.05) is 26.8 Å². The normalized spacial score (nSPS) is 26.2. The molecule has 2 saturated heterocycles. The zero-order valence-electron chi connectivity index (χ0n) is 19.2. The van der Waals surface area contributed by atoms with Crippen molar-refractivity contribution in [1.29, 1.82) is 0 Å². The van der Waals surface area contributed by atoms with Gasteiger partial charge < -0.3 is 14.4 Å². The van der Waals surface area contributed by atoms with Gasteiger partial charge in [0.1, 0.15) is 5.75 Å². The molecule has 2 atom stereocenters. The number of methoxy groups -OCH3 is 1. The second-order valence-corrected chi connectivity index (χ2v) is 9.24. The molecule has 3 amide bonds. The lowest BCUT2D eigenvalue weighted by molar-refractivity contribution is -0.145. The van der Waals surface area contributed by atoms with Gasteiger partial charge in [0.05, 0.1) is 18.6 Å². The summed E-state index contributed by atoms with van der Waals surface area (Å²) in [4.78, 5) is 43.7. The second kappa shape index (κ2) is 9.61. The standard InChI is InChI=1S/C25H34N2O5/c1-3-26(17-21-9-6-14-32-21)22(28)15-25(18-10-12-20(31-2)13-11-18)16-23(29)27(24(25)30)19-7-4-5-8-19/h10-13,19,21H,3-9,14-17H2,1-2H3/t21-,25+/m0/s1. The van der Waals surface area contributed by atoms with Crippen LogP contribution in [0, 0.1) is 0 Å². The van der Waals surface area contributed by atoms with Crippen LogP contribution in [-0.4, -0.2) is 66.5 Å².